The normalized spacial score (nSPS) is 16.0. The molecule has 0 radical (unpaired) electrons. The second-order valence-corrected chi connectivity index (χ2v) is 5.70. The van der Waals surface area contributed by atoms with Gasteiger partial charge in [0, 0.05) is 19.2 Å². The summed E-state index contributed by atoms with van der Waals surface area (Å²) in [6.45, 7) is 11.1. The molecule has 112 valence electrons. The summed E-state index contributed by atoms with van der Waals surface area (Å²) in [7, 11) is 0. The van der Waals surface area contributed by atoms with Crippen molar-refractivity contribution in [2.75, 3.05) is 26.4 Å². The minimum atomic E-state index is -0.156. The molecule has 1 aromatic carbocycles. The van der Waals surface area contributed by atoms with Crippen LogP contribution in [0.3, 0.4) is 0 Å². The highest BCUT2D eigenvalue weighted by molar-refractivity contribution is 5.44. The minimum absolute atomic E-state index is 0.156. The summed E-state index contributed by atoms with van der Waals surface area (Å²) in [6, 6.07) is 6.36. The molecule has 1 aromatic rings. The highest BCUT2D eigenvalue weighted by Crippen LogP contribution is 2.32. The summed E-state index contributed by atoms with van der Waals surface area (Å²) in [5, 5.41) is 3.51. The number of hydrogen-bond acceptors (Lipinski definition) is 4. The van der Waals surface area contributed by atoms with Crippen LogP contribution in [0.2, 0.25) is 0 Å². The Morgan fingerprint density at radius 2 is 1.95 bits per heavy atom. The van der Waals surface area contributed by atoms with E-state index in [0.717, 1.165) is 24.7 Å². The zero-order valence-corrected chi connectivity index (χ0v) is 12.9. The number of rotatable bonds is 6. The van der Waals surface area contributed by atoms with Crippen LogP contribution in [0.1, 0.15) is 39.3 Å². The number of nitrogens with one attached hydrogen (secondary N) is 1. The average molecular weight is 279 g/mol. The number of hydrogen-bond donors (Lipinski definition) is 1. The van der Waals surface area contributed by atoms with Gasteiger partial charge in [0.25, 0.3) is 0 Å². The van der Waals surface area contributed by atoms with Crippen molar-refractivity contribution < 1.29 is 14.2 Å². The van der Waals surface area contributed by atoms with Crippen LogP contribution in [0.15, 0.2) is 18.2 Å². The monoisotopic (exact) mass is 279 g/mol. The minimum Gasteiger partial charge on any atom is -0.486 e. The zero-order chi connectivity index (χ0) is 14.6. The standard InChI is InChI=1S/C16H25NO3/c1-5-20-16(3,4)11-17-12(2)13-6-7-14-15(10-13)19-9-8-18-14/h6-7,10,12,17H,5,8-9,11H2,1-4H3. The zero-order valence-electron chi connectivity index (χ0n) is 12.9. The van der Waals surface area contributed by atoms with Gasteiger partial charge in [0.15, 0.2) is 11.5 Å². The number of ether oxygens (including phenoxy) is 3. The second-order valence-electron chi connectivity index (χ2n) is 5.70. The van der Waals surface area contributed by atoms with Crippen molar-refractivity contribution in [3.63, 3.8) is 0 Å². The third kappa shape index (κ3) is 3.87. The smallest absolute Gasteiger partial charge is 0.161 e. The molecule has 0 saturated heterocycles. The maximum absolute atomic E-state index is 5.70. The first-order chi connectivity index (χ1) is 9.52. The van der Waals surface area contributed by atoms with Crippen LogP contribution in [0, 0.1) is 0 Å². The first-order valence-electron chi connectivity index (χ1n) is 7.29. The van der Waals surface area contributed by atoms with Gasteiger partial charge in [-0.1, -0.05) is 6.07 Å². The van der Waals surface area contributed by atoms with E-state index < -0.39 is 0 Å². The van der Waals surface area contributed by atoms with Gasteiger partial charge in [0.2, 0.25) is 0 Å². The van der Waals surface area contributed by atoms with Gasteiger partial charge in [-0.2, -0.15) is 0 Å². The van der Waals surface area contributed by atoms with Gasteiger partial charge in [-0.3, -0.25) is 0 Å². The fourth-order valence-corrected chi connectivity index (χ4v) is 2.29. The fourth-order valence-electron chi connectivity index (χ4n) is 2.29. The van der Waals surface area contributed by atoms with E-state index in [1.54, 1.807) is 0 Å². The molecule has 1 unspecified atom stereocenters. The molecule has 0 aliphatic carbocycles. The molecule has 1 atom stereocenters. The Labute approximate surface area is 121 Å². The van der Waals surface area contributed by atoms with Crippen molar-refractivity contribution in [3.05, 3.63) is 23.8 Å². The van der Waals surface area contributed by atoms with E-state index in [9.17, 15) is 0 Å². The predicted molar refractivity (Wildman–Crippen MR) is 79.6 cm³/mol. The number of fused-ring (bicyclic) bond motifs is 1. The van der Waals surface area contributed by atoms with E-state index in [4.69, 9.17) is 14.2 Å². The molecule has 20 heavy (non-hydrogen) atoms. The molecule has 0 amide bonds. The Bertz CT molecular complexity index is 445. The van der Waals surface area contributed by atoms with Crippen molar-refractivity contribution >= 4 is 0 Å². The lowest BCUT2D eigenvalue weighted by Gasteiger charge is -2.27. The Kier molecular flexibility index (Phi) is 4.89. The highest BCUT2D eigenvalue weighted by atomic mass is 16.6. The summed E-state index contributed by atoms with van der Waals surface area (Å²) in [5.41, 5.74) is 1.04. The Morgan fingerprint density at radius 1 is 1.25 bits per heavy atom. The van der Waals surface area contributed by atoms with Crippen LogP contribution < -0.4 is 14.8 Å². The molecule has 0 spiro atoms. The molecule has 1 heterocycles. The molecule has 0 saturated carbocycles. The van der Waals surface area contributed by atoms with Gasteiger partial charge >= 0.3 is 0 Å². The largest absolute Gasteiger partial charge is 0.486 e. The average Bonchev–Trinajstić information content (AvgIpc) is 2.44. The van der Waals surface area contributed by atoms with Crippen LogP contribution in [0.5, 0.6) is 11.5 Å². The first-order valence-corrected chi connectivity index (χ1v) is 7.29. The Balaban J connectivity index is 1.97. The van der Waals surface area contributed by atoms with Crippen molar-refractivity contribution in [1.29, 1.82) is 0 Å². The third-order valence-electron chi connectivity index (χ3n) is 3.44. The molecule has 4 heteroatoms. The Hall–Kier alpha value is -1.26. The van der Waals surface area contributed by atoms with Crippen LogP contribution in [0.4, 0.5) is 0 Å². The van der Waals surface area contributed by atoms with Crippen LogP contribution >= 0.6 is 0 Å². The molecular weight excluding hydrogens is 254 g/mol. The molecule has 1 aliphatic rings. The molecule has 0 fully saturated rings. The van der Waals surface area contributed by atoms with Gasteiger partial charge in [0.1, 0.15) is 13.2 Å². The topological polar surface area (TPSA) is 39.7 Å². The highest BCUT2D eigenvalue weighted by Gasteiger charge is 2.20. The molecule has 1 N–H and O–H groups in total. The van der Waals surface area contributed by atoms with Crippen LogP contribution in [-0.2, 0) is 4.74 Å². The van der Waals surface area contributed by atoms with Crippen LogP contribution in [-0.4, -0.2) is 32.0 Å². The van der Waals surface area contributed by atoms with Gasteiger partial charge in [0.05, 0.1) is 5.60 Å². The quantitative estimate of drug-likeness (QED) is 0.869. The molecule has 4 nitrogen and oxygen atoms in total. The van der Waals surface area contributed by atoms with Gasteiger partial charge in [-0.05, 0) is 45.4 Å². The van der Waals surface area contributed by atoms with E-state index >= 15 is 0 Å². The van der Waals surface area contributed by atoms with Gasteiger partial charge in [-0.25, -0.2) is 0 Å². The summed E-state index contributed by atoms with van der Waals surface area (Å²) in [4.78, 5) is 0. The van der Waals surface area contributed by atoms with Crippen molar-refractivity contribution in [1.82, 2.24) is 5.32 Å². The molecule has 2 rings (SSSR count). The lowest BCUT2D eigenvalue weighted by atomic mass is 10.1. The van der Waals surface area contributed by atoms with E-state index in [1.165, 1.54) is 5.56 Å². The van der Waals surface area contributed by atoms with Crippen molar-refractivity contribution in [2.45, 2.75) is 39.3 Å². The number of benzene rings is 1. The maximum atomic E-state index is 5.70. The second kappa shape index (κ2) is 6.46. The summed E-state index contributed by atoms with van der Waals surface area (Å²) < 4.78 is 16.9. The molecule has 1 aliphatic heterocycles. The van der Waals surface area contributed by atoms with E-state index in [-0.39, 0.29) is 11.6 Å². The lowest BCUT2D eigenvalue weighted by molar-refractivity contribution is -0.0103. The summed E-state index contributed by atoms with van der Waals surface area (Å²) in [6.07, 6.45) is 0. The molecule has 0 bridgehead atoms. The summed E-state index contributed by atoms with van der Waals surface area (Å²) >= 11 is 0. The fraction of sp³-hybridized carbons (Fsp3) is 0.625. The maximum Gasteiger partial charge on any atom is 0.161 e. The van der Waals surface area contributed by atoms with Crippen molar-refractivity contribution in [2.24, 2.45) is 0 Å². The van der Waals surface area contributed by atoms with Gasteiger partial charge < -0.3 is 19.5 Å². The predicted octanol–water partition coefficient (Wildman–Crippen LogP) is 2.92. The van der Waals surface area contributed by atoms with Crippen LogP contribution in [0.25, 0.3) is 0 Å². The van der Waals surface area contributed by atoms with E-state index in [0.29, 0.717) is 13.2 Å². The molecular formula is C16H25NO3. The SMILES string of the molecule is CCOC(C)(C)CNC(C)c1ccc2c(c1)OCCO2. The lowest BCUT2D eigenvalue weighted by Crippen LogP contribution is -2.38. The van der Waals surface area contributed by atoms with E-state index in [1.807, 2.05) is 13.0 Å². The Morgan fingerprint density at radius 3 is 2.65 bits per heavy atom. The third-order valence-corrected chi connectivity index (χ3v) is 3.44. The first kappa shape index (κ1) is 15.1. The summed E-state index contributed by atoms with van der Waals surface area (Å²) in [5.74, 6) is 1.67. The van der Waals surface area contributed by atoms with Gasteiger partial charge in [-0.15, -0.1) is 0 Å². The van der Waals surface area contributed by atoms with E-state index in [2.05, 4.69) is 38.2 Å². The van der Waals surface area contributed by atoms with Crippen molar-refractivity contribution in [3.8, 4) is 11.5 Å². The molecule has 0 aromatic heterocycles.